The van der Waals surface area contributed by atoms with Crippen LogP contribution in [0.5, 0.6) is 0 Å². The van der Waals surface area contributed by atoms with Gasteiger partial charge < -0.3 is 4.79 Å². The highest BCUT2D eigenvalue weighted by molar-refractivity contribution is 9.09. The third kappa shape index (κ3) is 4.15. The van der Waals surface area contributed by atoms with Gasteiger partial charge in [-0.25, -0.2) is 0 Å². The van der Waals surface area contributed by atoms with Crippen LogP contribution >= 0.6 is 15.9 Å². The van der Waals surface area contributed by atoms with Gasteiger partial charge in [0.1, 0.15) is 7.63 Å². The number of hydrogen-bond acceptors (Lipinski definition) is 1. The largest absolute Gasteiger partial charge is 0.302 e. The highest BCUT2D eigenvalue weighted by atomic mass is 79.9. The summed E-state index contributed by atoms with van der Waals surface area (Å²) >= 11 is 2.90. The summed E-state index contributed by atoms with van der Waals surface area (Å²) in [5.41, 5.74) is 0. The number of rotatable bonds is 1. The summed E-state index contributed by atoms with van der Waals surface area (Å²) < 4.78 is 6.35. The first-order valence-electron chi connectivity index (χ1n) is 1.79. The molecular weight excluding hydrogens is 132 g/mol. The Bertz CT molecular complexity index is 61.8. The van der Waals surface area contributed by atoms with Crippen LogP contribution < -0.4 is 0 Å². The van der Waals surface area contributed by atoms with Crippen molar-refractivity contribution in [2.24, 2.45) is 0 Å². The molecule has 0 aromatic rings. The van der Waals surface area contributed by atoms with Crippen molar-refractivity contribution in [3.8, 4) is 0 Å². The van der Waals surface area contributed by atoms with Crippen molar-refractivity contribution in [3.05, 3.63) is 0 Å². The molecule has 0 aliphatic heterocycles. The Hall–Kier alpha value is 0.150. The average molecular weight is 138 g/mol. The van der Waals surface area contributed by atoms with Crippen molar-refractivity contribution in [2.45, 2.75) is 11.8 Å². The third-order valence-corrected chi connectivity index (χ3v) is 0.349. The Balaban J connectivity index is 3.26. The SMILES string of the molecule is [2H]C(=O)C(C)Br. The molecule has 0 aromatic heterocycles. The average Bonchev–Trinajstić information content (AvgIpc) is 1.36. The molecule has 1 atom stereocenters. The molecule has 30 valence electrons. The summed E-state index contributed by atoms with van der Waals surface area (Å²) in [6.45, 7) is 1.62. The Kier molecular flexibility index (Phi) is 1.60. The van der Waals surface area contributed by atoms with Crippen molar-refractivity contribution in [2.75, 3.05) is 0 Å². The normalized spacial score (nSPS) is 16.8. The lowest BCUT2D eigenvalue weighted by Gasteiger charge is -1.76. The molecule has 0 rings (SSSR count). The van der Waals surface area contributed by atoms with Gasteiger partial charge in [0, 0.05) is 0 Å². The highest BCUT2D eigenvalue weighted by Gasteiger charge is 1.82. The van der Waals surface area contributed by atoms with E-state index in [2.05, 4.69) is 15.9 Å². The van der Waals surface area contributed by atoms with Gasteiger partial charge in [-0.05, 0) is 6.92 Å². The number of halogens is 1. The van der Waals surface area contributed by atoms with E-state index >= 15 is 0 Å². The van der Waals surface area contributed by atoms with Gasteiger partial charge in [0.05, 0.1) is 4.83 Å². The summed E-state index contributed by atoms with van der Waals surface area (Å²) in [6, 6.07) is 0. The molecule has 0 saturated carbocycles. The van der Waals surface area contributed by atoms with E-state index in [9.17, 15) is 4.79 Å². The molecular formula is C3H5BrO. The first kappa shape index (κ1) is 3.34. The van der Waals surface area contributed by atoms with E-state index in [0.717, 1.165) is 0 Å². The fourth-order valence-electron chi connectivity index (χ4n) is 0. The standard InChI is InChI=1S/C3H5BrO/c1-3(4)2-5/h2-3H,1H3/i2D. The molecule has 0 aromatic carbocycles. The minimum absolute atomic E-state index is 0.308. The minimum Gasteiger partial charge on any atom is -0.302 e. The van der Waals surface area contributed by atoms with E-state index < -0.39 is 6.26 Å². The molecule has 0 bridgehead atoms. The van der Waals surface area contributed by atoms with E-state index in [1.165, 1.54) is 0 Å². The number of carbonyl (C=O) groups excluding carboxylic acids is 1. The smallest absolute Gasteiger partial charge is 0.133 e. The van der Waals surface area contributed by atoms with E-state index in [1.54, 1.807) is 6.92 Å². The molecule has 0 spiro atoms. The summed E-state index contributed by atoms with van der Waals surface area (Å²) in [4.78, 5) is 9.46. The second kappa shape index (κ2) is 2.39. The van der Waals surface area contributed by atoms with Gasteiger partial charge in [0.15, 0.2) is 0 Å². The van der Waals surface area contributed by atoms with Crippen LogP contribution in [0.15, 0.2) is 0 Å². The molecule has 0 N–H and O–H groups in total. The molecule has 1 nitrogen and oxygen atoms in total. The zero-order valence-electron chi connectivity index (χ0n) is 3.86. The van der Waals surface area contributed by atoms with E-state index in [-0.39, 0.29) is 4.83 Å². The summed E-state index contributed by atoms with van der Waals surface area (Å²) in [5.74, 6) is 0. The summed E-state index contributed by atoms with van der Waals surface area (Å²) in [6.07, 6.45) is -0.574. The first-order valence-corrected chi connectivity index (χ1v) is 2.20. The van der Waals surface area contributed by atoms with E-state index in [4.69, 9.17) is 1.37 Å². The molecule has 0 radical (unpaired) electrons. The predicted molar refractivity (Wildman–Crippen MR) is 24.5 cm³/mol. The molecule has 2 heteroatoms. The topological polar surface area (TPSA) is 17.1 Å². The van der Waals surface area contributed by atoms with Gasteiger partial charge in [0.2, 0.25) is 0 Å². The highest BCUT2D eigenvalue weighted by Crippen LogP contribution is 1.87. The molecule has 1 unspecified atom stereocenters. The van der Waals surface area contributed by atoms with Gasteiger partial charge in [0.25, 0.3) is 0 Å². The Labute approximate surface area is 40.9 Å². The lowest BCUT2D eigenvalue weighted by molar-refractivity contribution is -0.107. The maximum absolute atomic E-state index is 9.76. The zero-order valence-corrected chi connectivity index (χ0v) is 4.45. The fourth-order valence-corrected chi connectivity index (χ4v) is 0. The summed E-state index contributed by atoms with van der Waals surface area (Å²) in [5, 5.41) is 0. The van der Waals surface area contributed by atoms with E-state index in [1.807, 2.05) is 0 Å². The van der Waals surface area contributed by atoms with Gasteiger partial charge >= 0.3 is 0 Å². The van der Waals surface area contributed by atoms with Crippen molar-refractivity contribution < 1.29 is 6.17 Å². The Morgan fingerprint density at radius 1 is 2.40 bits per heavy atom. The second-order valence-electron chi connectivity index (χ2n) is 0.734. The number of carbonyl (C=O) groups is 1. The molecule has 0 fully saturated rings. The lowest BCUT2D eigenvalue weighted by atomic mass is 10.6. The van der Waals surface area contributed by atoms with Crippen LogP contribution in [0.1, 0.15) is 8.29 Å². The fraction of sp³-hybridized carbons (Fsp3) is 0.667. The lowest BCUT2D eigenvalue weighted by Crippen LogP contribution is -1.85. The molecule has 0 aliphatic rings. The van der Waals surface area contributed by atoms with Crippen LogP contribution in [0.2, 0.25) is 0 Å². The van der Waals surface area contributed by atoms with Crippen LogP contribution in [0.3, 0.4) is 0 Å². The van der Waals surface area contributed by atoms with Gasteiger partial charge in [-0.2, -0.15) is 0 Å². The molecule has 0 amide bonds. The van der Waals surface area contributed by atoms with Gasteiger partial charge in [-0.1, -0.05) is 15.9 Å². The van der Waals surface area contributed by atoms with Crippen LogP contribution in [-0.4, -0.2) is 11.1 Å². The Morgan fingerprint density at radius 3 is 2.60 bits per heavy atom. The molecule has 0 heterocycles. The Morgan fingerprint density at radius 2 is 2.60 bits per heavy atom. The van der Waals surface area contributed by atoms with Crippen molar-refractivity contribution >= 4 is 22.2 Å². The van der Waals surface area contributed by atoms with Crippen molar-refractivity contribution in [3.63, 3.8) is 0 Å². The predicted octanol–water partition coefficient (Wildman–Crippen LogP) is 0.969. The van der Waals surface area contributed by atoms with Crippen LogP contribution in [0.25, 0.3) is 0 Å². The first-order chi connectivity index (χ1) is 2.64. The van der Waals surface area contributed by atoms with Crippen LogP contribution in [0.4, 0.5) is 0 Å². The van der Waals surface area contributed by atoms with Gasteiger partial charge in [-0.15, -0.1) is 0 Å². The zero-order chi connectivity index (χ0) is 5.15. The van der Waals surface area contributed by atoms with Crippen LogP contribution in [0, 0.1) is 0 Å². The number of aldehydes is 1. The quantitative estimate of drug-likeness (QED) is 0.389. The maximum Gasteiger partial charge on any atom is 0.133 e. The van der Waals surface area contributed by atoms with Crippen molar-refractivity contribution in [1.29, 1.82) is 0 Å². The van der Waals surface area contributed by atoms with Crippen LogP contribution in [-0.2, 0) is 4.79 Å². The third-order valence-electron chi connectivity index (χ3n) is 0.162. The van der Waals surface area contributed by atoms with E-state index in [0.29, 0.717) is 0 Å². The monoisotopic (exact) mass is 137 g/mol. The summed E-state index contributed by atoms with van der Waals surface area (Å²) in [7, 11) is 0. The van der Waals surface area contributed by atoms with Gasteiger partial charge in [-0.3, -0.25) is 0 Å². The molecule has 0 aliphatic carbocycles. The molecule has 5 heavy (non-hydrogen) atoms. The second-order valence-corrected chi connectivity index (χ2v) is 2.11. The number of alkyl halides is 1. The maximum atomic E-state index is 9.76. The number of hydrogen-bond donors (Lipinski definition) is 0. The molecule has 0 saturated heterocycles. The minimum atomic E-state index is -0.574. The van der Waals surface area contributed by atoms with Crippen molar-refractivity contribution in [1.82, 2.24) is 0 Å².